The van der Waals surface area contributed by atoms with E-state index >= 15 is 0 Å². The first kappa shape index (κ1) is 26.8. The summed E-state index contributed by atoms with van der Waals surface area (Å²) in [4.78, 5) is 12.3. The molecule has 0 fully saturated rings. The molecule has 4 rings (SSSR count). The summed E-state index contributed by atoms with van der Waals surface area (Å²) in [5.41, 5.74) is 6.58. The smallest absolute Gasteiger partial charge is 0.250 e. The maximum atomic E-state index is 12.3. The number of amides is 1. The molecule has 0 bridgehead atoms. The SMILES string of the molecule is CCOc1cc(C=NNC(=O)CSc2nnc(-c3ccccc3)s2)cc(Br)c1OCc1ccc(C)cc1. The number of aromatic nitrogens is 2. The molecule has 10 heteroatoms. The molecule has 1 N–H and O–H groups in total. The predicted octanol–water partition coefficient (Wildman–Crippen LogP) is 6.50. The van der Waals surface area contributed by atoms with Gasteiger partial charge in [-0.2, -0.15) is 5.10 Å². The van der Waals surface area contributed by atoms with Crippen LogP contribution in [0.25, 0.3) is 10.6 Å². The first-order valence-corrected chi connectivity index (χ1v) is 14.1. The Kier molecular flexibility index (Phi) is 9.70. The van der Waals surface area contributed by atoms with Gasteiger partial charge in [-0.05, 0) is 53.0 Å². The van der Waals surface area contributed by atoms with Crippen molar-refractivity contribution in [3.8, 4) is 22.1 Å². The molecule has 0 aliphatic carbocycles. The van der Waals surface area contributed by atoms with Crippen molar-refractivity contribution in [3.63, 3.8) is 0 Å². The third-order valence-corrected chi connectivity index (χ3v) is 7.69. The summed E-state index contributed by atoms with van der Waals surface area (Å²) in [6, 6.07) is 21.7. The Bertz CT molecular complexity index is 1360. The summed E-state index contributed by atoms with van der Waals surface area (Å²) in [5, 5.41) is 13.3. The van der Waals surface area contributed by atoms with E-state index in [-0.39, 0.29) is 11.7 Å². The molecule has 0 aliphatic heterocycles. The van der Waals surface area contributed by atoms with Crippen molar-refractivity contribution in [3.05, 3.63) is 87.9 Å². The molecule has 4 aromatic rings. The highest BCUT2D eigenvalue weighted by Crippen LogP contribution is 2.37. The lowest BCUT2D eigenvalue weighted by Gasteiger charge is -2.15. The molecule has 0 aliphatic rings. The molecule has 190 valence electrons. The molecule has 7 nitrogen and oxygen atoms in total. The lowest BCUT2D eigenvalue weighted by molar-refractivity contribution is -0.118. The molecular weight excluding hydrogens is 572 g/mol. The number of rotatable bonds is 11. The minimum Gasteiger partial charge on any atom is -0.490 e. The fraction of sp³-hybridized carbons (Fsp3) is 0.185. The molecule has 1 amide bonds. The van der Waals surface area contributed by atoms with E-state index in [0.29, 0.717) is 24.7 Å². The van der Waals surface area contributed by atoms with Gasteiger partial charge in [0, 0.05) is 5.56 Å². The summed E-state index contributed by atoms with van der Waals surface area (Å²) in [6.45, 7) is 4.87. The molecular formula is C27H25BrN4O3S2. The number of nitrogens with one attached hydrogen (secondary N) is 1. The van der Waals surface area contributed by atoms with E-state index in [1.54, 1.807) is 6.21 Å². The van der Waals surface area contributed by atoms with Gasteiger partial charge in [0.15, 0.2) is 15.8 Å². The summed E-state index contributed by atoms with van der Waals surface area (Å²) in [6.07, 6.45) is 1.57. The number of carbonyl (C=O) groups excluding carboxylic acids is 1. The normalized spacial score (nSPS) is 11.0. The van der Waals surface area contributed by atoms with Gasteiger partial charge in [-0.3, -0.25) is 4.79 Å². The van der Waals surface area contributed by atoms with E-state index in [1.165, 1.54) is 28.7 Å². The zero-order valence-electron chi connectivity index (χ0n) is 20.3. The fourth-order valence-electron chi connectivity index (χ4n) is 3.21. The van der Waals surface area contributed by atoms with Crippen LogP contribution in [0.1, 0.15) is 23.6 Å². The van der Waals surface area contributed by atoms with Crippen molar-refractivity contribution >= 4 is 51.2 Å². The average molecular weight is 598 g/mol. The Morgan fingerprint density at radius 3 is 2.65 bits per heavy atom. The van der Waals surface area contributed by atoms with Crippen LogP contribution in [0.15, 0.2) is 80.6 Å². The van der Waals surface area contributed by atoms with E-state index in [2.05, 4.69) is 55.7 Å². The number of hydrogen-bond donors (Lipinski definition) is 1. The highest BCUT2D eigenvalue weighted by molar-refractivity contribution is 9.10. The molecule has 1 aromatic heterocycles. The van der Waals surface area contributed by atoms with Crippen LogP contribution in [-0.2, 0) is 11.4 Å². The minimum atomic E-state index is -0.236. The van der Waals surface area contributed by atoms with Gasteiger partial charge >= 0.3 is 0 Å². The Morgan fingerprint density at radius 2 is 1.89 bits per heavy atom. The second kappa shape index (κ2) is 13.4. The van der Waals surface area contributed by atoms with Crippen LogP contribution in [0.5, 0.6) is 11.5 Å². The van der Waals surface area contributed by atoms with Crippen LogP contribution in [0.3, 0.4) is 0 Å². The number of halogens is 1. The van der Waals surface area contributed by atoms with Gasteiger partial charge in [-0.25, -0.2) is 5.43 Å². The van der Waals surface area contributed by atoms with Crippen molar-refractivity contribution < 1.29 is 14.3 Å². The van der Waals surface area contributed by atoms with E-state index in [0.717, 1.165) is 30.5 Å². The molecule has 0 saturated carbocycles. The van der Waals surface area contributed by atoms with E-state index in [1.807, 2.05) is 61.5 Å². The van der Waals surface area contributed by atoms with Gasteiger partial charge in [-0.1, -0.05) is 83.3 Å². The predicted molar refractivity (Wildman–Crippen MR) is 153 cm³/mol. The Balaban J connectivity index is 1.32. The van der Waals surface area contributed by atoms with Crippen molar-refractivity contribution in [1.29, 1.82) is 0 Å². The molecule has 0 radical (unpaired) electrons. The largest absolute Gasteiger partial charge is 0.490 e. The van der Waals surface area contributed by atoms with Crippen LogP contribution in [0, 0.1) is 6.92 Å². The Hall–Kier alpha value is -3.21. The molecule has 3 aromatic carbocycles. The standard InChI is InChI=1S/C27H25BrN4O3S2/c1-3-34-23-14-20(13-22(28)25(23)35-16-19-11-9-18(2)10-12-19)15-29-30-24(33)17-36-27-32-31-26(37-27)21-7-5-4-6-8-21/h4-15H,3,16-17H2,1-2H3,(H,30,33). The minimum absolute atomic E-state index is 0.181. The number of hydrogen-bond acceptors (Lipinski definition) is 8. The number of hydrazone groups is 1. The van der Waals surface area contributed by atoms with E-state index in [4.69, 9.17) is 9.47 Å². The monoisotopic (exact) mass is 596 g/mol. The topological polar surface area (TPSA) is 85.7 Å². The van der Waals surface area contributed by atoms with Gasteiger partial charge in [-0.15, -0.1) is 10.2 Å². The van der Waals surface area contributed by atoms with Crippen LogP contribution in [0.2, 0.25) is 0 Å². The number of nitrogens with zero attached hydrogens (tertiary/aromatic N) is 3. The van der Waals surface area contributed by atoms with Gasteiger partial charge in [0.25, 0.3) is 5.91 Å². The maximum absolute atomic E-state index is 12.3. The van der Waals surface area contributed by atoms with E-state index in [9.17, 15) is 4.79 Å². The van der Waals surface area contributed by atoms with Gasteiger partial charge < -0.3 is 9.47 Å². The fourth-order valence-corrected chi connectivity index (χ4v) is 5.43. The zero-order valence-corrected chi connectivity index (χ0v) is 23.5. The first-order chi connectivity index (χ1) is 18.0. The quantitative estimate of drug-likeness (QED) is 0.121. The molecule has 0 unspecified atom stereocenters. The van der Waals surface area contributed by atoms with Crippen LogP contribution >= 0.6 is 39.0 Å². The number of aryl methyl sites for hydroxylation is 1. The lowest BCUT2D eigenvalue weighted by Crippen LogP contribution is -2.19. The summed E-state index contributed by atoms with van der Waals surface area (Å²) < 4.78 is 13.3. The van der Waals surface area contributed by atoms with Crippen molar-refractivity contribution in [2.45, 2.75) is 24.8 Å². The maximum Gasteiger partial charge on any atom is 0.250 e. The Morgan fingerprint density at radius 1 is 1.11 bits per heavy atom. The number of ether oxygens (including phenoxy) is 2. The summed E-state index contributed by atoms with van der Waals surface area (Å²) >= 11 is 6.35. The average Bonchev–Trinajstić information content (AvgIpc) is 3.38. The second-order valence-electron chi connectivity index (χ2n) is 7.86. The molecule has 0 spiro atoms. The van der Waals surface area contributed by atoms with Gasteiger partial charge in [0.2, 0.25) is 0 Å². The first-order valence-electron chi connectivity index (χ1n) is 11.5. The van der Waals surface area contributed by atoms with Crippen LogP contribution in [0.4, 0.5) is 0 Å². The summed E-state index contributed by atoms with van der Waals surface area (Å²) in [5.74, 6) is 1.16. The third kappa shape index (κ3) is 7.88. The molecule has 1 heterocycles. The van der Waals surface area contributed by atoms with Crippen LogP contribution < -0.4 is 14.9 Å². The lowest BCUT2D eigenvalue weighted by atomic mass is 10.2. The van der Waals surface area contributed by atoms with Gasteiger partial charge in [0.05, 0.1) is 23.0 Å². The summed E-state index contributed by atoms with van der Waals surface area (Å²) in [7, 11) is 0. The molecule has 0 saturated heterocycles. The van der Waals surface area contributed by atoms with Crippen LogP contribution in [-0.4, -0.2) is 34.7 Å². The second-order valence-corrected chi connectivity index (χ2v) is 10.9. The highest BCUT2D eigenvalue weighted by atomic mass is 79.9. The van der Waals surface area contributed by atoms with Crippen molar-refractivity contribution in [2.75, 3.05) is 12.4 Å². The number of thioether (sulfide) groups is 1. The van der Waals surface area contributed by atoms with Crippen molar-refractivity contribution in [1.82, 2.24) is 15.6 Å². The number of carbonyl (C=O) groups is 1. The van der Waals surface area contributed by atoms with Crippen molar-refractivity contribution in [2.24, 2.45) is 5.10 Å². The highest BCUT2D eigenvalue weighted by Gasteiger charge is 2.13. The molecule has 37 heavy (non-hydrogen) atoms. The van der Waals surface area contributed by atoms with E-state index < -0.39 is 0 Å². The van der Waals surface area contributed by atoms with Gasteiger partial charge in [0.1, 0.15) is 11.6 Å². The zero-order chi connectivity index (χ0) is 26.0. The Labute approximate surface area is 232 Å². The molecule has 0 atom stereocenters. The number of benzene rings is 3. The third-order valence-electron chi connectivity index (χ3n) is 4.99.